The molecule has 0 saturated carbocycles. The lowest BCUT2D eigenvalue weighted by atomic mass is 10.0. The van der Waals surface area contributed by atoms with Crippen molar-refractivity contribution in [2.45, 2.75) is 37.3 Å². The van der Waals surface area contributed by atoms with E-state index in [0.29, 0.717) is 11.1 Å². The van der Waals surface area contributed by atoms with Crippen LogP contribution in [0.5, 0.6) is 0 Å². The number of carbonyl (C=O) groups is 4. The van der Waals surface area contributed by atoms with Crippen molar-refractivity contribution in [2.24, 2.45) is 0 Å². The van der Waals surface area contributed by atoms with Gasteiger partial charge in [0.2, 0.25) is 12.3 Å². The van der Waals surface area contributed by atoms with E-state index in [9.17, 15) is 28.0 Å². The Morgan fingerprint density at radius 1 is 0.676 bits per heavy atom. The van der Waals surface area contributed by atoms with Crippen LogP contribution in [0, 0.1) is 0 Å². The van der Waals surface area contributed by atoms with Crippen LogP contribution in [0.1, 0.15) is 11.1 Å². The number of ether oxygens (including phenoxy) is 2. The summed E-state index contributed by atoms with van der Waals surface area (Å²) in [4.78, 5) is 48.6. The first-order chi connectivity index (χ1) is 16.3. The van der Waals surface area contributed by atoms with Crippen LogP contribution in [0.3, 0.4) is 0 Å². The summed E-state index contributed by atoms with van der Waals surface area (Å²) in [5.74, 6) is -4.74. The van der Waals surface area contributed by atoms with Gasteiger partial charge in [0.1, 0.15) is 12.1 Å². The summed E-state index contributed by atoms with van der Waals surface area (Å²) in [5.41, 5.74) is 1.29. The third-order valence-corrected chi connectivity index (χ3v) is 4.93. The van der Waals surface area contributed by atoms with Crippen LogP contribution in [0.4, 0.5) is 8.78 Å². The van der Waals surface area contributed by atoms with Crippen molar-refractivity contribution in [3.8, 4) is 0 Å². The molecule has 2 amide bonds. The average molecular weight is 476 g/mol. The fourth-order valence-electron chi connectivity index (χ4n) is 3.14. The molecule has 0 aliphatic heterocycles. The number of amides is 2. The van der Waals surface area contributed by atoms with Crippen molar-refractivity contribution in [1.82, 2.24) is 10.6 Å². The number of hydrogen-bond acceptors (Lipinski definition) is 6. The molecule has 182 valence electrons. The van der Waals surface area contributed by atoms with Crippen molar-refractivity contribution >= 4 is 23.8 Å². The van der Waals surface area contributed by atoms with Gasteiger partial charge >= 0.3 is 11.9 Å². The van der Waals surface area contributed by atoms with E-state index in [4.69, 9.17) is 0 Å². The topological polar surface area (TPSA) is 111 Å². The van der Waals surface area contributed by atoms with Gasteiger partial charge in [-0.3, -0.25) is 9.59 Å². The van der Waals surface area contributed by atoms with Gasteiger partial charge in [-0.05, 0) is 11.1 Å². The second-order valence-corrected chi connectivity index (χ2v) is 7.35. The molecular formula is C24H26F2N2O6. The third kappa shape index (κ3) is 7.65. The molecule has 0 radical (unpaired) electrons. The highest BCUT2D eigenvalue weighted by Gasteiger charge is 2.38. The number of halogens is 2. The van der Waals surface area contributed by atoms with Gasteiger partial charge in [0, 0.05) is 12.8 Å². The smallest absolute Gasteiger partial charge is 0.328 e. The second-order valence-electron chi connectivity index (χ2n) is 7.35. The van der Waals surface area contributed by atoms with Gasteiger partial charge in [-0.1, -0.05) is 60.7 Å². The zero-order chi connectivity index (χ0) is 25.1. The van der Waals surface area contributed by atoms with Gasteiger partial charge in [-0.15, -0.1) is 0 Å². The highest BCUT2D eigenvalue weighted by Crippen LogP contribution is 2.11. The summed E-state index contributed by atoms with van der Waals surface area (Å²) in [6.07, 6.45) is -5.93. The molecule has 8 nitrogen and oxygen atoms in total. The molecule has 0 aromatic heterocycles. The Morgan fingerprint density at radius 3 is 1.29 bits per heavy atom. The first-order valence-electron chi connectivity index (χ1n) is 10.4. The van der Waals surface area contributed by atoms with Gasteiger partial charge < -0.3 is 20.1 Å². The Balaban J connectivity index is 2.04. The molecule has 34 heavy (non-hydrogen) atoms. The molecular weight excluding hydrogens is 450 g/mol. The van der Waals surface area contributed by atoms with Crippen LogP contribution in [-0.4, -0.2) is 62.4 Å². The van der Waals surface area contributed by atoms with Crippen molar-refractivity contribution in [3.63, 3.8) is 0 Å². The van der Waals surface area contributed by atoms with Crippen LogP contribution < -0.4 is 10.6 Å². The normalized spacial score (nSPS) is 14.1. The minimum Gasteiger partial charge on any atom is -0.467 e. The zero-order valence-corrected chi connectivity index (χ0v) is 18.7. The lowest BCUT2D eigenvalue weighted by Crippen LogP contribution is -2.53. The molecule has 0 aliphatic rings. The van der Waals surface area contributed by atoms with Crippen LogP contribution in [0.2, 0.25) is 0 Å². The molecule has 0 unspecified atom stereocenters. The average Bonchev–Trinajstić information content (AvgIpc) is 2.87. The van der Waals surface area contributed by atoms with E-state index in [1.807, 2.05) is 0 Å². The van der Waals surface area contributed by atoms with Crippen LogP contribution in [0.15, 0.2) is 60.7 Å². The second kappa shape index (κ2) is 13.0. The molecule has 10 heteroatoms. The Morgan fingerprint density at radius 2 is 1.00 bits per heavy atom. The molecule has 0 saturated heterocycles. The van der Waals surface area contributed by atoms with Crippen molar-refractivity contribution < 1.29 is 37.4 Å². The summed E-state index contributed by atoms with van der Waals surface area (Å²) < 4.78 is 38.3. The highest BCUT2D eigenvalue weighted by atomic mass is 19.2. The molecule has 0 heterocycles. The summed E-state index contributed by atoms with van der Waals surface area (Å²) in [6.45, 7) is 0. The van der Waals surface area contributed by atoms with E-state index in [1.165, 1.54) is 0 Å². The standard InChI is InChI=1S/C24H26F2N2O6/c1-33-23(31)17(13-15-9-5-3-6-10-15)27-21(29)19(25)20(26)22(30)28-18(24(32)34-2)14-16-11-7-4-8-12-16/h3-12,17-20H,13-14H2,1-2H3,(H,27,29)(H,28,30)/t17-,18-,19+,20+/m0/s1. The Labute approximate surface area is 195 Å². The maximum atomic E-state index is 14.6. The summed E-state index contributed by atoms with van der Waals surface area (Å²) in [6, 6.07) is 14.5. The summed E-state index contributed by atoms with van der Waals surface area (Å²) in [5, 5.41) is 4.16. The minimum atomic E-state index is -2.93. The zero-order valence-electron chi connectivity index (χ0n) is 18.7. The maximum Gasteiger partial charge on any atom is 0.328 e. The number of hydrogen-bond donors (Lipinski definition) is 2. The SMILES string of the molecule is COC(=O)[C@H](Cc1ccccc1)NC(=O)[C@H](F)[C@@H](F)C(=O)N[C@@H](Cc1ccccc1)C(=O)OC. The predicted octanol–water partition coefficient (Wildman–Crippen LogP) is 1.46. The third-order valence-electron chi connectivity index (χ3n) is 4.93. The highest BCUT2D eigenvalue weighted by molar-refractivity contribution is 5.94. The molecule has 0 bridgehead atoms. The van der Waals surface area contributed by atoms with Crippen molar-refractivity contribution in [3.05, 3.63) is 71.8 Å². The van der Waals surface area contributed by atoms with E-state index in [-0.39, 0.29) is 12.8 Å². The maximum absolute atomic E-state index is 14.6. The molecule has 4 atom stereocenters. The molecule has 2 aromatic rings. The van der Waals surface area contributed by atoms with Crippen molar-refractivity contribution in [1.29, 1.82) is 0 Å². The minimum absolute atomic E-state index is 0.0311. The van der Waals surface area contributed by atoms with E-state index in [2.05, 4.69) is 20.1 Å². The van der Waals surface area contributed by atoms with E-state index in [0.717, 1.165) is 14.2 Å². The van der Waals surface area contributed by atoms with Gasteiger partial charge in [0.25, 0.3) is 11.8 Å². The monoisotopic (exact) mass is 476 g/mol. The fraction of sp³-hybridized carbons (Fsp3) is 0.333. The predicted molar refractivity (Wildman–Crippen MR) is 118 cm³/mol. The molecule has 2 aromatic carbocycles. The van der Waals surface area contributed by atoms with Gasteiger partial charge in [0.15, 0.2) is 0 Å². The number of carbonyl (C=O) groups excluding carboxylic acids is 4. The molecule has 2 rings (SSSR count). The number of benzene rings is 2. The number of nitrogens with one attached hydrogen (secondary N) is 2. The van der Waals surface area contributed by atoms with E-state index >= 15 is 0 Å². The molecule has 0 fully saturated rings. The van der Waals surface area contributed by atoms with Gasteiger partial charge in [-0.25, -0.2) is 18.4 Å². The van der Waals surface area contributed by atoms with Gasteiger partial charge in [0.05, 0.1) is 14.2 Å². The van der Waals surface area contributed by atoms with E-state index in [1.54, 1.807) is 60.7 Å². The van der Waals surface area contributed by atoms with Crippen LogP contribution >= 0.6 is 0 Å². The summed E-state index contributed by atoms with van der Waals surface area (Å²) >= 11 is 0. The fourth-order valence-corrected chi connectivity index (χ4v) is 3.14. The Bertz CT molecular complexity index is 894. The first-order valence-corrected chi connectivity index (χ1v) is 10.4. The largest absolute Gasteiger partial charge is 0.467 e. The Hall–Kier alpha value is -3.82. The summed E-state index contributed by atoms with van der Waals surface area (Å²) in [7, 11) is 2.18. The quantitative estimate of drug-likeness (QED) is 0.475. The molecule has 2 N–H and O–H groups in total. The van der Waals surface area contributed by atoms with E-state index < -0.39 is 48.2 Å². The number of rotatable bonds is 11. The lowest BCUT2D eigenvalue weighted by Gasteiger charge is -2.21. The lowest BCUT2D eigenvalue weighted by molar-refractivity contribution is -0.148. The number of alkyl halides is 2. The van der Waals surface area contributed by atoms with Crippen LogP contribution in [0.25, 0.3) is 0 Å². The number of esters is 2. The molecule has 0 aliphatic carbocycles. The number of methoxy groups -OCH3 is 2. The molecule has 0 spiro atoms. The van der Waals surface area contributed by atoms with Crippen LogP contribution in [-0.2, 0) is 41.5 Å². The first kappa shape index (κ1) is 26.4. The Kier molecular flexibility index (Phi) is 10.1. The van der Waals surface area contributed by atoms with Gasteiger partial charge in [-0.2, -0.15) is 0 Å². The van der Waals surface area contributed by atoms with Crippen molar-refractivity contribution in [2.75, 3.05) is 14.2 Å².